The molecule has 0 aromatic carbocycles. The Morgan fingerprint density at radius 3 is 2.80 bits per heavy atom. The van der Waals surface area contributed by atoms with E-state index in [1.54, 1.807) is 0 Å². The first-order valence-electron chi connectivity index (χ1n) is 3.03. The zero-order valence-corrected chi connectivity index (χ0v) is 7.59. The van der Waals surface area contributed by atoms with E-state index in [2.05, 4.69) is 27.9 Å². The number of rotatable bonds is 3. The van der Waals surface area contributed by atoms with Gasteiger partial charge in [-0.2, -0.15) is 0 Å². The Labute approximate surface area is 73.5 Å². The van der Waals surface area contributed by atoms with Crippen LogP contribution < -0.4 is 5.32 Å². The van der Waals surface area contributed by atoms with Crippen molar-refractivity contribution in [3.05, 3.63) is 9.78 Å². The van der Waals surface area contributed by atoms with Gasteiger partial charge < -0.3 is 15.5 Å². The third-order valence-corrected chi connectivity index (χ3v) is 1.86. The largest absolute Gasteiger partial charge is 0.383 e. The van der Waals surface area contributed by atoms with Crippen LogP contribution in [-0.4, -0.2) is 25.5 Å². The number of hydrogen-bond donors (Lipinski definition) is 2. The molecule has 1 rings (SSSR count). The van der Waals surface area contributed by atoms with Crippen LogP contribution in [0.5, 0.6) is 0 Å². The number of allylic oxidation sites excluding steroid dienone is 1. The van der Waals surface area contributed by atoms with Crippen molar-refractivity contribution in [1.82, 2.24) is 5.32 Å². The number of hydrogen-bond acceptors (Lipinski definition) is 3. The van der Waals surface area contributed by atoms with Gasteiger partial charge in [-0.1, -0.05) is 0 Å². The van der Waals surface area contributed by atoms with Gasteiger partial charge in [0, 0.05) is 16.0 Å². The molecule has 0 saturated carbocycles. The summed E-state index contributed by atoms with van der Waals surface area (Å²) in [6.45, 7) is 1.58. The van der Waals surface area contributed by atoms with Crippen molar-refractivity contribution in [2.75, 3.05) is 13.2 Å². The monoisotopic (exact) mass is 252 g/mol. The van der Waals surface area contributed by atoms with Crippen LogP contribution >= 0.6 is 22.6 Å². The van der Waals surface area contributed by atoms with Gasteiger partial charge in [-0.15, -0.1) is 0 Å². The highest BCUT2D eigenvalue weighted by molar-refractivity contribution is 14.1. The molecule has 1 heterocycles. The summed E-state index contributed by atoms with van der Waals surface area (Å²) >= 11 is 2.09. The lowest BCUT2D eigenvalue weighted by Crippen LogP contribution is -2.43. The maximum Gasteiger partial charge on any atom is 0.0723 e. The van der Waals surface area contributed by atoms with Crippen molar-refractivity contribution in [2.24, 2.45) is 0 Å². The first kappa shape index (κ1) is 8.00. The molecular weight excluding hydrogens is 243 g/mol. The zero-order chi connectivity index (χ0) is 7.40. The first-order valence-corrected chi connectivity index (χ1v) is 4.10. The highest BCUT2D eigenvalue weighted by Gasteiger charge is 2.15. The van der Waals surface area contributed by atoms with E-state index in [9.17, 15) is 0 Å². The molecule has 0 aromatic rings. The first-order chi connectivity index (χ1) is 4.83. The summed E-state index contributed by atoms with van der Waals surface area (Å²) in [5.41, 5.74) is 0. The standard InChI is InChI=1S/C6H9IN2O/c7-5(1-8)2-9-6-3-10-4-6/h1-2,6,8-9H,3-4H2/b5-2+,8-1?. The number of nitrogens with one attached hydrogen (secondary N) is 2. The fourth-order valence-electron chi connectivity index (χ4n) is 0.571. The van der Waals surface area contributed by atoms with Crippen LogP contribution in [0.25, 0.3) is 0 Å². The van der Waals surface area contributed by atoms with Crippen molar-refractivity contribution < 1.29 is 4.74 Å². The summed E-state index contributed by atoms with van der Waals surface area (Å²) in [5.74, 6) is 0. The molecule has 1 aliphatic heterocycles. The van der Waals surface area contributed by atoms with Gasteiger partial charge in [0.1, 0.15) is 0 Å². The van der Waals surface area contributed by atoms with Gasteiger partial charge in [0.2, 0.25) is 0 Å². The summed E-state index contributed by atoms with van der Waals surface area (Å²) < 4.78 is 5.86. The van der Waals surface area contributed by atoms with Gasteiger partial charge in [-0.3, -0.25) is 0 Å². The maximum absolute atomic E-state index is 6.86. The third-order valence-electron chi connectivity index (χ3n) is 1.23. The lowest BCUT2D eigenvalue weighted by Gasteiger charge is -2.25. The van der Waals surface area contributed by atoms with Crippen molar-refractivity contribution in [1.29, 1.82) is 5.41 Å². The molecule has 10 heavy (non-hydrogen) atoms. The van der Waals surface area contributed by atoms with Crippen molar-refractivity contribution in [3.63, 3.8) is 0 Å². The molecule has 0 atom stereocenters. The van der Waals surface area contributed by atoms with E-state index >= 15 is 0 Å². The molecule has 0 bridgehead atoms. The van der Waals surface area contributed by atoms with Crippen LogP contribution in [0.15, 0.2) is 9.78 Å². The molecule has 1 fully saturated rings. The average molecular weight is 252 g/mol. The number of halogens is 1. The summed E-state index contributed by atoms with van der Waals surface area (Å²) in [5, 5.41) is 9.98. The fraction of sp³-hybridized carbons (Fsp3) is 0.500. The minimum absolute atomic E-state index is 0.463. The van der Waals surface area contributed by atoms with Gasteiger partial charge >= 0.3 is 0 Å². The molecule has 0 radical (unpaired) electrons. The summed E-state index contributed by atoms with van der Waals surface area (Å²) in [4.78, 5) is 0. The Hall–Kier alpha value is -0.100. The maximum atomic E-state index is 6.86. The molecule has 0 aromatic heterocycles. The Balaban J connectivity index is 2.18. The van der Waals surface area contributed by atoms with Crippen LogP contribution in [0.1, 0.15) is 0 Å². The molecular formula is C6H9IN2O. The highest BCUT2D eigenvalue weighted by Crippen LogP contribution is 2.03. The predicted octanol–water partition coefficient (Wildman–Crippen LogP) is 0.901. The molecule has 56 valence electrons. The molecule has 0 unspecified atom stereocenters. The molecule has 1 saturated heterocycles. The molecule has 0 aliphatic carbocycles. The van der Waals surface area contributed by atoms with Crippen molar-refractivity contribution in [3.8, 4) is 0 Å². The van der Waals surface area contributed by atoms with E-state index in [0.29, 0.717) is 6.04 Å². The van der Waals surface area contributed by atoms with Crippen LogP contribution in [0.4, 0.5) is 0 Å². The van der Waals surface area contributed by atoms with Gasteiger partial charge in [0.25, 0.3) is 0 Å². The second-order valence-electron chi connectivity index (χ2n) is 2.07. The van der Waals surface area contributed by atoms with E-state index in [-0.39, 0.29) is 0 Å². The summed E-state index contributed by atoms with van der Waals surface area (Å²) in [6.07, 6.45) is 3.15. The average Bonchev–Trinajstić information content (AvgIpc) is 1.84. The lowest BCUT2D eigenvalue weighted by molar-refractivity contribution is 0.000774. The predicted molar refractivity (Wildman–Crippen MR) is 48.6 cm³/mol. The van der Waals surface area contributed by atoms with E-state index < -0.39 is 0 Å². The fourth-order valence-corrected chi connectivity index (χ4v) is 0.751. The number of ether oxygens (including phenoxy) is 1. The van der Waals surface area contributed by atoms with Crippen molar-refractivity contribution in [2.45, 2.75) is 6.04 Å². The Morgan fingerprint density at radius 1 is 1.70 bits per heavy atom. The van der Waals surface area contributed by atoms with E-state index in [4.69, 9.17) is 10.1 Å². The Bertz CT molecular complexity index is 154. The third kappa shape index (κ3) is 2.26. The smallest absolute Gasteiger partial charge is 0.0723 e. The molecule has 0 spiro atoms. The Morgan fingerprint density at radius 2 is 2.40 bits per heavy atom. The van der Waals surface area contributed by atoms with Crippen LogP contribution in [0.3, 0.4) is 0 Å². The summed E-state index contributed by atoms with van der Waals surface area (Å²) in [7, 11) is 0. The second-order valence-corrected chi connectivity index (χ2v) is 3.32. The van der Waals surface area contributed by atoms with E-state index in [0.717, 1.165) is 16.8 Å². The normalized spacial score (nSPS) is 19.9. The summed E-state index contributed by atoms with van der Waals surface area (Å²) in [6, 6.07) is 0.463. The van der Waals surface area contributed by atoms with E-state index in [1.807, 2.05) is 6.20 Å². The van der Waals surface area contributed by atoms with Gasteiger partial charge in [0.05, 0.1) is 19.3 Å². The zero-order valence-electron chi connectivity index (χ0n) is 5.43. The SMILES string of the molecule is N=C/C(I)=C\NC1COC1. The van der Waals surface area contributed by atoms with Crippen LogP contribution in [-0.2, 0) is 4.74 Å². The van der Waals surface area contributed by atoms with Gasteiger partial charge in [0.15, 0.2) is 0 Å². The molecule has 2 N–H and O–H groups in total. The minimum atomic E-state index is 0.463. The van der Waals surface area contributed by atoms with Crippen LogP contribution in [0.2, 0.25) is 0 Å². The topological polar surface area (TPSA) is 45.1 Å². The highest BCUT2D eigenvalue weighted by atomic mass is 127. The molecule has 4 heteroatoms. The Kier molecular flexibility index (Phi) is 3.14. The second kappa shape index (κ2) is 3.92. The van der Waals surface area contributed by atoms with Crippen molar-refractivity contribution >= 4 is 28.8 Å². The molecule has 0 amide bonds. The van der Waals surface area contributed by atoms with Gasteiger partial charge in [-0.25, -0.2) is 0 Å². The lowest BCUT2D eigenvalue weighted by atomic mass is 10.3. The van der Waals surface area contributed by atoms with E-state index in [1.165, 1.54) is 6.21 Å². The molecule has 3 nitrogen and oxygen atoms in total. The van der Waals surface area contributed by atoms with Crippen LogP contribution in [0, 0.1) is 5.41 Å². The van der Waals surface area contributed by atoms with Gasteiger partial charge in [-0.05, 0) is 22.6 Å². The quantitative estimate of drug-likeness (QED) is 0.579. The minimum Gasteiger partial charge on any atom is -0.383 e. The molecule has 1 aliphatic rings.